The van der Waals surface area contributed by atoms with Crippen molar-refractivity contribution in [3.8, 4) is 0 Å². The fraction of sp³-hybridized carbons (Fsp3) is 0.706. The van der Waals surface area contributed by atoms with Gasteiger partial charge in [0.05, 0.1) is 6.54 Å². The lowest BCUT2D eigenvalue weighted by molar-refractivity contribution is -0.140. The number of aliphatic imine (C=N–C) groups is 1. The highest BCUT2D eigenvalue weighted by Crippen LogP contribution is 2.30. The fourth-order valence-electron chi connectivity index (χ4n) is 2.84. The van der Waals surface area contributed by atoms with Gasteiger partial charge in [-0.2, -0.15) is 13.2 Å². The Morgan fingerprint density at radius 1 is 1.30 bits per heavy atom. The zero-order valence-electron chi connectivity index (χ0n) is 15.4. The molecule has 1 aromatic rings. The van der Waals surface area contributed by atoms with Gasteiger partial charge in [-0.15, -0.1) is 11.3 Å². The van der Waals surface area contributed by atoms with Crippen molar-refractivity contribution in [2.45, 2.75) is 64.2 Å². The molecule has 0 radical (unpaired) electrons. The fourth-order valence-corrected chi connectivity index (χ4v) is 3.57. The number of aromatic nitrogens is 1. The maximum atomic E-state index is 12.6. The van der Waals surface area contributed by atoms with E-state index in [1.165, 1.54) is 6.42 Å². The summed E-state index contributed by atoms with van der Waals surface area (Å²) >= 11 is 0.927. The molecule has 27 heavy (non-hydrogen) atoms. The lowest BCUT2D eigenvalue weighted by Gasteiger charge is -2.22. The molecule has 0 bridgehead atoms. The van der Waals surface area contributed by atoms with E-state index in [0.717, 1.165) is 42.4 Å². The van der Waals surface area contributed by atoms with Crippen LogP contribution in [0.5, 0.6) is 0 Å². The Kier molecular flexibility index (Phi) is 8.33. The molecule has 0 saturated heterocycles. The third-order valence-corrected chi connectivity index (χ3v) is 5.01. The second kappa shape index (κ2) is 10.5. The van der Waals surface area contributed by atoms with Gasteiger partial charge in [-0.25, -0.2) is 9.98 Å². The van der Waals surface area contributed by atoms with Crippen LogP contribution in [0, 0.1) is 0 Å². The van der Waals surface area contributed by atoms with Gasteiger partial charge in [0.2, 0.25) is 5.91 Å². The Bertz CT molecular complexity index is 626. The van der Waals surface area contributed by atoms with Gasteiger partial charge in [-0.1, -0.05) is 19.3 Å². The average Bonchev–Trinajstić information content (AvgIpc) is 3.10. The summed E-state index contributed by atoms with van der Waals surface area (Å²) in [4.78, 5) is 19.8. The Morgan fingerprint density at radius 2 is 2.04 bits per heavy atom. The molecule has 0 spiro atoms. The highest BCUT2D eigenvalue weighted by atomic mass is 32.1. The standard InChI is InChI=1S/C17H26F3N5OS/c1-2-21-16(23-10-15-25-13(11-27-15)17(18,19)20)22-9-8-14(26)24-12-6-4-3-5-7-12/h11-12H,2-10H2,1H3,(H,24,26)(H2,21,22,23). The first-order chi connectivity index (χ1) is 12.9. The molecule has 1 heterocycles. The summed E-state index contributed by atoms with van der Waals surface area (Å²) in [6.07, 6.45) is 1.51. The van der Waals surface area contributed by atoms with Gasteiger partial charge in [0.25, 0.3) is 0 Å². The SMILES string of the molecule is CCNC(=NCc1nc(C(F)(F)F)cs1)NCCC(=O)NC1CCCCC1. The van der Waals surface area contributed by atoms with E-state index >= 15 is 0 Å². The maximum Gasteiger partial charge on any atom is 0.434 e. The number of guanidine groups is 1. The van der Waals surface area contributed by atoms with E-state index in [4.69, 9.17) is 0 Å². The Balaban J connectivity index is 1.77. The molecule has 1 saturated carbocycles. The minimum absolute atomic E-state index is 0.00000838. The first kappa shape index (κ1) is 21.5. The molecule has 1 fully saturated rings. The third kappa shape index (κ3) is 7.74. The molecule has 0 aliphatic heterocycles. The summed E-state index contributed by atoms with van der Waals surface area (Å²) in [6.45, 7) is 2.93. The van der Waals surface area contributed by atoms with Crippen LogP contribution >= 0.6 is 11.3 Å². The summed E-state index contributed by atoms with van der Waals surface area (Å²) in [5.74, 6) is 0.451. The van der Waals surface area contributed by atoms with E-state index in [2.05, 4.69) is 25.9 Å². The van der Waals surface area contributed by atoms with Crippen LogP contribution in [-0.4, -0.2) is 36.0 Å². The van der Waals surface area contributed by atoms with E-state index in [0.29, 0.717) is 25.5 Å². The minimum atomic E-state index is -4.44. The smallest absolute Gasteiger partial charge is 0.357 e. The number of rotatable bonds is 7. The third-order valence-electron chi connectivity index (χ3n) is 4.17. The predicted octanol–water partition coefficient (Wildman–Crippen LogP) is 3.06. The summed E-state index contributed by atoms with van der Waals surface area (Å²) in [5.41, 5.74) is -0.893. The van der Waals surface area contributed by atoms with Crippen molar-refractivity contribution in [1.29, 1.82) is 0 Å². The van der Waals surface area contributed by atoms with Gasteiger partial charge in [0.1, 0.15) is 5.01 Å². The second-order valence-electron chi connectivity index (χ2n) is 6.40. The molecule has 1 aliphatic rings. The van der Waals surface area contributed by atoms with Gasteiger partial charge in [-0.3, -0.25) is 4.79 Å². The number of nitrogens with zero attached hydrogens (tertiary/aromatic N) is 2. The van der Waals surface area contributed by atoms with Crippen molar-refractivity contribution in [3.63, 3.8) is 0 Å². The minimum Gasteiger partial charge on any atom is -0.357 e. The normalized spacial score (nSPS) is 16.2. The summed E-state index contributed by atoms with van der Waals surface area (Å²) in [5, 5.41) is 10.4. The lowest BCUT2D eigenvalue weighted by Crippen LogP contribution is -2.41. The highest BCUT2D eigenvalue weighted by molar-refractivity contribution is 7.09. The molecule has 2 rings (SSSR count). The van der Waals surface area contributed by atoms with Crippen molar-refractivity contribution >= 4 is 23.2 Å². The van der Waals surface area contributed by atoms with E-state index in [-0.39, 0.29) is 23.5 Å². The van der Waals surface area contributed by atoms with Gasteiger partial charge in [0, 0.05) is 30.9 Å². The molecule has 0 aromatic carbocycles. The number of carbonyl (C=O) groups excluding carboxylic acids is 1. The summed E-state index contributed by atoms with van der Waals surface area (Å²) in [7, 11) is 0. The monoisotopic (exact) mass is 405 g/mol. The molecule has 0 atom stereocenters. The highest BCUT2D eigenvalue weighted by Gasteiger charge is 2.33. The summed E-state index contributed by atoms with van der Waals surface area (Å²) < 4.78 is 37.7. The topological polar surface area (TPSA) is 78.4 Å². The number of thiazole rings is 1. The van der Waals surface area contributed by atoms with Crippen LogP contribution in [0.2, 0.25) is 0 Å². The van der Waals surface area contributed by atoms with Gasteiger partial charge < -0.3 is 16.0 Å². The molecular weight excluding hydrogens is 379 g/mol. The van der Waals surface area contributed by atoms with Crippen molar-refractivity contribution in [3.05, 3.63) is 16.1 Å². The molecule has 3 N–H and O–H groups in total. The quantitative estimate of drug-likeness (QED) is 0.481. The molecule has 0 unspecified atom stereocenters. The van der Waals surface area contributed by atoms with Crippen molar-refractivity contribution in [2.75, 3.05) is 13.1 Å². The maximum absolute atomic E-state index is 12.6. The number of hydrogen-bond acceptors (Lipinski definition) is 4. The first-order valence-electron chi connectivity index (χ1n) is 9.21. The molecule has 6 nitrogen and oxygen atoms in total. The number of alkyl halides is 3. The van der Waals surface area contributed by atoms with E-state index in [1.807, 2.05) is 6.92 Å². The van der Waals surface area contributed by atoms with Crippen molar-refractivity contribution in [1.82, 2.24) is 20.9 Å². The Labute approximate surface area is 161 Å². The van der Waals surface area contributed by atoms with Crippen LogP contribution in [0.25, 0.3) is 0 Å². The van der Waals surface area contributed by atoms with E-state index in [1.54, 1.807) is 0 Å². The first-order valence-corrected chi connectivity index (χ1v) is 10.1. The number of halogens is 3. The molecule has 10 heteroatoms. The van der Waals surface area contributed by atoms with Crippen LogP contribution in [0.15, 0.2) is 10.4 Å². The average molecular weight is 405 g/mol. The number of nitrogens with one attached hydrogen (secondary N) is 3. The zero-order chi connectivity index (χ0) is 19.7. The van der Waals surface area contributed by atoms with Crippen LogP contribution in [-0.2, 0) is 17.5 Å². The van der Waals surface area contributed by atoms with Crippen LogP contribution in [0.4, 0.5) is 13.2 Å². The molecular formula is C17H26F3N5OS. The molecule has 152 valence electrons. The van der Waals surface area contributed by atoms with Gasteiger partial charge in [-0.05, 0) is 19.8 Å². The van der Waals surface area contributed by atoms with E-state index in [9.17, 15) is 18.0 Å². The lowest BCUT2D eigenvalue weighted by atomic mass is 9.95. The van der Waals surface area contributed by atoms with Crippen LogP contribution in [0.1, 0.15) is 56.2 Å². The van der Waals surface area contributed by atoms with Crippen molar-refractivity contribution < 1.29 is 18.0 Å². The second-order valence-corrected chi connectivity index (χ2v) is 7.34. The molecule has 1 aromatic heterocycles. The van der Waals surface area contributed by atoms with Gasteiger partial charge in [0.15, 0.2) is 11.7 Å². The number of carbonyl (C=O) groups is 1. The van der Waals surface area contributed by atoms with Crippen LogP contribution < -0.4 is 16.0 Å². The predicted molar refractivity (Wildman–Crippen MR) is 99.6 cm³/mol. The van der Waals surface area contributed by atoms with E-state index < -0.39 is 11.9 Å². The zero-order valence-corrected chi connectivity index (χ0v) is 16.2. The molecule has 1 aliphatic carbocycles. The van der Waals surface area contributed by atoms with Crippen molar-refractivity contribution in [2.24, 2.45) is 4.99 Å². The molecule has 1 amide bonds. The number of hydrogen-bond donors (Lipinski definition) is 3. The Hall–Kier alpha value is -1.84. The van der Waals surface area contributed by atoms with Gasteiger partial charge >= 0.3 is 6.18 Å². The number of amides is 1. The summed E-state index contributed by atoms with van der Waals surface area (Å²) in [6, 6.07) is 0.279. The largest absolute Gasteiger partial charge is 0.434 e. The Morgan fingerprint density at radius 3 is 2.67 bits per heavy atom. The van der Waals surface area contributed by atoms with Crippen LogP contribution in [0.3, 0.4) is 0 Å².